The smallest absolute Gasteiger partial charge is 0.305 e. The molecular weight excluding hydrogens is 490 g/mol. The van der Waals surface area contributed by atoms with Crippen LogP contribution >= 0.6 is 12.4 Å². The molecule has 10 heteroatoms. The number of nitrogens with zero attached hydrogens (tertiary/aromatic N) is 1. The summed E-state index contributed by atoms with van der Waals surface area (Å²) in [5, 5.41) is 0. The third-order valence-electron chi connectivity index (χ3n) is 5.02. The monoisotopic (exact) mass is 523 g/mol. The fraction of sp³-hybridized carbons (Fsp3) is 0.423. The van der Waals surface area contributed by atoms with Gasteiger partial charge in [-0.3, -0.25) is 14.6 Å². The van der Waals surface area contributed by atoms with Crippen LogP contribution in [0.25, 0.3) is 6.08 Å². The maximum Gasteiger partial charge on any atom is 0.305 e. The van der Waals surface area contributed by atoms with E-state index in [1.165, 1.54) is 34.5 Å². The van der Waals surface area contributed by atoms with Crippen molar-refractivity contribution in [3.8, 4) is 28.7 Å². The van der Waals surface area contributed by atoms with Crippen molar-refractivity contribution in [2.75, 3.05) is 41.7 Å². The summed E-state index contributed by atoms with van der Waals surface area (Å²) in [6, 6.07) is 4.88. The number of methoxy groups -OCH3 is 4. The third kappa shape index (κ3) is 8.96. The summed E-state index contributed by atoms with van der Waals surface area (Å²) >= 11 is 0. The summed E-state index contributed by atoms with van der Waals surface area (Å²) in [6.45, 7) is 2.64. The highest BCUT2D eigenvalue weighted by Crippen LogP contribution is 2.38. The first kappa shape index (κ1) is 30.6. The van der Waals surface area contributed by atoms with E-state index in [-0.39, 0.29) is 24.2 Å². The van der Waals surface area contributed by atoms with Crippen LogP contribution in [0.1, 0.15) is 48.7 Å². The van der Waals surface area contributed by atoms with Crippen LogP contribution in [0.2, 0.25) is 0 Å². The summed E-state index contributed by atoms with van der Waals surface area (Å²) in [7, 11) is 6.02. The first-order valence-corrected chi connectivity index (χ1v) is 11.3. The second kappa shape index (κ2) is 16.3. The normalized spacial score (nSPS) is 10.4. The number of benzene rings is 1. The molecule has 0 atom stereocenters. The summed E-state index contributed by atoms with van der Waals surface area (Å²) in [5.41, 5.74) is 0.910. The molecule has 198 valence electrons. The van der Waals surface area contributed by atoms with Crippen LogP contribution in [0, 0.1) is 0 Å². The number of ketones is 1. The summed E-state index contributed by atoms with van der Waals surface area (Å²) < 4.78 is 32.0. The minimum atomic E-state index is -0.258. The number of esters is 1. The Morgan fingerprint density at radius 1 is 0.861 bits per heavy atom. The van der Waals surface area contributed by atoms with Gasteiger partial charge in [0.25, 0.3) is 0 Å². The van der Waals surface area contributed by atoms with E-state index in [1.54, 1.807) is 37.4 Å². The molecule has 0 bridgehead atoms. The Bertz CT molecular complexity index is 1000. The lowest BCUT2D eigenvalue weighted by molar-refractivity contribution is -0.143. The molecule has 0 aliphatic rings. The predicted molar refractivity (Wildman–Crippen MR) is 138 cm³/mol. The van der Waals surface area contributed by atoms with Crippen molar-refractivity contribution in [1.82, 2.24) is 4.98 Å². The van der Waals surface area contributed by atoms with Gasteiger partial charge in [-0.15, -0.1) is 12.4 Å². The SMILES string of the molecule is CCOC(=O)CCCCCOc1cc(/C=C/C(=O)c2cc(OC)c(OC)c(OC)c2)ncc1OC.Cl. The molecule has 0 aliphatic heterocycles. The van der Waals surface area contributed by atoms with E-state index in [4.69, 9.17) is 28.4 Å². The molecule has 0 aliphatic carbocycles. The fourth-order valence-electron chi connectivity index (χ4n) is 3.24. The molecule has 2 rings (SSSR count). The number of carbonyl (C=O) groups excluding carboxylic acids is 2. The van der Waals surface area contributed by atoms with Crippen molar-refractivity contribution in [2.24, 2.45) is 0 Å². The van der Waals surface area contributed by atoms with Crippen LogP contribution in [-0.2, 0) is 9.53 Å². The number of rotatable bonds is 15. The molecule has 0 unspecified atom stereocenters. The number of halogens is 1. The van der Waals surface area contributed by atoms with Gasteiger partial charge in [-0.2, -0.15) is 0 Å². The minimum Gasteiger partial charge on any atom is -0.493 e. The maximum absolute atomic E-state index is 12.8. The van der Waals surface area contributed by atoms with Gasteiger partial charge in [0.2, 0.25) is 5.75 Å². The largest absolute Gasteiger partial charge is 0.493 e. The van der Waals surface area contributed by atoms with Crippen molar-refractivity contribution in [2.45, 2.75) is 32.6 Å². The number of pyridine rings is 1. The third-order valence-corrected chi connectivity index (χ3v) is 5.02. The van der Waals surface area contributed by atoms with Crippen molar-refractivity contribution in [3.05, 3.63) is 41.7 Å². The number of hydrogen-bond acceptors (Lipinski definition) is 9. The second-order valence-electron chi connectivity index (χ2n) is 7.34. The van der Waals surface area contributed by atoms with Gasteiger partial charge in [-0.05, 0) is 50.5 Å². The first-order chi connectivity index (χ1) is 17.0. The fourth-order valence-corrected chi connectivity index (χ4v) is 3.24. The molecule has 0 amide bonds. The molecule has 0 N–H and O–H groups in total. The Labute approximate surface area is 218 Å². The summed E-state index contributed by atoms with van der Waals surface area (Å²) in [4.78, 5) is 28.5. The summed E-state index contributed by atoms with van der Waals surface area (Å²) in [5.74, 6) is 1.77. The van der Waals surface area contributed by atoms with Gasteiger partial charge in [0.15, 0.2) is 28.8 Å². The number of unbranched alkanes of at least 4 members (excludes halogenated alkanes) is 2. The Morgan fingerprint density at radius 3 is 2.11 bits per heavy atom. The standard InChI is InChI=1S/C26H33NO8.ClH/c1-6-34-25(29)10-8-7-9-13-35-21-16-19(27-17-24(21)32-4)11-12-20(28)18-14-22(30-2)26(33-5)23(15-18)31-3;/h11-12,14-17H,6-10,13H2,1-5H3;1H/b12-11+;. The predicted octanol–water partition coefficient (Wildman–Crippen LogP) is 4.94. The molecule has 9 nitrogen and oxygen atoms in total. The highest BCUT2D eigenvalue weighted by molar-refractivity contribution is 6.07. The molecule has 0 spiro atoms. The van der Waals surface area contributed by atoms with Gasteiger partial charge in [-0.25, -0.2) is 0 Å². The number of allylic oxidation sites excluding steroid dienone is 1. The van der Waals surface area contributed by atoms with Crippen LogP contribution in [0.15, 0.2) is 30.5 Å². The van der Waals surface area contributed by atoms with Gasteiger partial charge in [0.05, 0.1) is 53.5 Å². The van der Waals surface area contributed by atoms with Crippen LogP contribution in [-0.4, -0.2) is 58.4 Å². The van der Waals surface area contributed by atoms with Crippen molar-refractivity contribution >= 4 is 30.2 Å². The number of hydrogen-bond donors (Lipinski definition) is 0. The first-order valence-electron chi connectivity index (χ1n) is 11.3. The minimum absolute atomic E-state index is 0. The van der Waals surface area contributed by atoms with E-state index >= 15 is 0 Å². The van der Waals surface area contributed by atoms with E-state index in [9.17, 15) is 9.59 Å². The number of carbonyl (C=O) groups is 2. The van der Waals surface area contributed by atoms with Crippen LogP contribution < -0.4 is 23.7 Å². The summed E-state index contributed by atoms with van der Waals surface area (Å²) in [6.07, 6.45) is 7.30. The van der Waals surface area contributed by atoms with E-state index in [0.717, 1.165) is 19.3 Å². The molecule has 0 radical (unpaired) electrons. The van der Waals surface area contributed by atoms with Crippen LogP contribution in [0.3, 0.4) is 0 Å². The quantitative estimate of drug-likeness (QED) is 0.139. The number of aromatic nitrogens is 1. The molecule has 0 saturated heterocycles. The Hall–Kier alpha value is -3.46. The van der Waals surface area contributed by atoms with Gasteiger partial charge in [0, 0.05) is 18.1 Å². The highest BCUT2D eigenvalue weighted by atomic mass is 35.5. The molecule has 1 aromatic heterocycles. The van der Waals surface area contributed by atoms with Gasteiger partial charge < -0.3 is 28.4 Å². The van der Waals surface area contributed by atoms with Crippen LogP contribution in [0.5, 0.6) is 28.7 Å². The topological polar surface area (TPSA) is 102 Å². The van der Waals surface area contributed by atoms with Gasteiger partial charge in [-0.1, -0.05) is 0 Å². The maximum atomic E-state index is 12.8. The van der Waals surface area contributed by atoms with E-state index in [1.807, 2.05) is 0 Å². The number of ether oxygens (including phenoxy) is 6. The van der Waals surface area contributed by atoms with E-state index < -0.39 is 0 Å². The lowest BCUT2D eigenvalue weighted by Crippen LogP contribution is -2.04. The Balaban J connectivity index is 0.00000648. The average Bonchev–Trinajstić information content (AvgIpc) is 2.88. The average molecular weight is 524 g/mol. The van der Waals surface area contributed by atoms with Gasteiger partial charge in [0.1, 0.15) is 0 Å². The molecule has 36 heavy (non-hydrogen) atoms. The Morgan fingerprint density at radius 2 is 1.53 bits per heavy atom. The van der Waals surface area contributed by atoms with Crippen LogP contribution in [0.4, 0.5) is 0 Å². The lowest BCUT2D eigenvalue weighted by atomic mass is 10.1. The van der Waals surface area contributed by atoms with Crippen molar-refractivity contribution in [3.63, 3.8) is 0 Å². The van der Waals surface area contributed by atoms with Gasteiger partial charge >= 0.3 is 5.97 Å². The molecular formula is C26H34ClNO8. The van der Waals surface area contributed by atoms with E-state index in [2.05, 4.69) is 4.98 Å². The van der Waals surface area contributed by atoms with E-state index in [0.29, 0.717) is 59.6 Å². The Kier molecular flexibility index (Phi) is 13.8. The molecule has 1 heterocycles. The second-order valence-corrected chi connectivity index (χ2v) is 7.34. The zero-order valence-electron chi connectivity index (χ0n) is 21.3. The molecule has 2 aromatic rings. The highest BCUT2D eigenvalue weighted by Gasteiger charge is 2.16. The van der Waals surface area contributed by atoms with Crippen molar-refractivity contribution in [1.29, 1.82) is 0 Å². The zero-order valence-corrected chi connectivity index (χ0v) is 22.1. The molecule has 1 aromatic carbocycles. The zero-order chi connectivity index (χ0) is 25.6. The molecule has 0 fully saturated rings. The molecule has 0 saturated carbocycles. The van der Waals surface area contributed by atoms with Crippen molar-refractivity contribution < 1.29 is 38.0 Å². The lowest BCUT2D eigenvalue weighted by Gasteiger charge is -2.13.